The van der Waals surface area contributed by atoms with E-state index in [1.807, 2.05) is 24.3 Å². The zero-order valence-corrected chi connectivity index (χ0v) is 17.5. The van der Waals surface area contributed by atoms with Gasteiger partial charge >= 0.3 is 0 Å². The largest absolute Gasteiger partial charge is 0.489 e. The summed E-state index contributed by atoms with van der Waals surface area (Å²) in [6, 6.07) is 14.7. The van der Waals surface area contributed by atoms with E-state index in [0.717, 1.165) is 36.8 Å². The van der Waals surface area contributed by atoms with Crippen molar-refractivity contribution in [2.24, 2.45) is 0 Å². The van der Waals surface area contributed by atoms with Crippen LogP contribution in [0.3, 0.4) is 0 Å². The van der Waals surface area contributed by atoms with Gasteiger partial charge in [0.1, 0.15) is 24.0 Å². The van der Waals surface area contributed by atoms with Crippen LogP contribution in [0.15, 0.2) is 48.0 Å². The van der Waals surface area contributed by atoms with Gasteiger partial charge in [-0.25, -0.2) is 0 Å². The molecule has 0 aliphatic heterocycles. The molecular formula is C23H22Cl2N2O2. The average molecular weight is 429 g/mol. The molecule has 0 saturated heterocycles. The van der Waals surface area contributed by atoms with Crippen LogP contribution in [0.1, 0.15) is 43.2 Å². The van der Waals surface area contributed by atoms with Crippen LogP contribution in [-0.4, -0.2) is 11.9 Å². The zero-order valence-electron chi connectivity index (χ0n) is 16.0. The number of nitriles is 1. The van der Waals surface area contributed by atoms with Crippen molar-refractivity contribution in [3.63, 3.8) is 0 Å². The standard InChI is InChI=1S/C23H22Cl2N2O2/c24-19-9-8-17(22(25)13-19)15-29-21-10-6-16(7-11-21)12-18(14-26)23(28)27-20-4-2-1-3-5-20/h6-13,20H,1-5,15H2,(H,27,28). The summed E-state index contributed by atoms with van der Waals surface area (Å²) in [5.74, 6) is 0.357. The monoisotopic (exact) mass is 428 g/mol. The maximum atomic E-state index is 12.4. The fourth-order valence-corrected chi connectivity index (χ4v) is 3.75. The highest BCUT2D eigenvalue weighted by Crippen LogP contribution is 2.23. The van der Waals surface area contributed by atoms with E-state index in [-0.39, 0.29) is 17.5 Å². The van der Waals surface area contributed by atoms with Crippen molar-refractivity contribution in [2.45, 2.75) is 44.8 Å². The van der Waals surface area contributed by atoms with Gasteiger partial charge < -0.3 is 10.1 Å². The lowest BCUT2D eigenvalue weighted by molar-refractivity contribution is -0.117. The molecule has 1 aliphatic rings. The fraction of sp³-hybridized carbons (Fsp3) is 0.304. The molecule has 0 spiro atoms. The van der Waals surface area contributed by atoms with E-state index in [9.17, 15) is 10.1 Å². The minimum Gasteiger partial charge on any atom is -0.489 e. The highest BCUT2D eigenvalue weighted by Gasteiger charge is 2.18. The Labute approximate surface area is 181 Å². The Bertz CT molecular complexity index is 927. The number of carbonyl (C=O) groups excluding carboxylic acids is 1. The van der Waals surface area contributed by atoms with E-state index in [4.69, 9.17) is 27.9 Å². The number of halogens is 2. The molecule has 1 saturated carbocycles. The summed E-state index contributed by atoms with van der Waals surface area (Å²) in [4.78, 5) is 12.4. The third kappa shape index (κ3) is 6.25. The lowest BCUT2D eigenvalue weighted by Crippen LogP contribution is -2.36. The molecule has 1 amide bonds. The summed E-state index contributed by atoms with van der Waals surface area (Å²) >= 11 is 12.1. The molecule has 3 rings (SSSR count). The number of carbonyl (C=O) groups is 1. The molecule has 0 unspecified atom stereocenters. The van der Waals surface area contributed by atoms with E-state index in [1.54, 1.807) is 30.3 Å². The number of hydrogen-bond donors (Lipinski definition) is 1. The van der Waals surface area contributed by atoms with E-state index in [1.165, 1.54) is 6.42 Å². The van der Waals surface area contributed by atoms with Crippen molar-refractivity contribution in [2.75, 3.05) is 0 Å². The summed E-state index contributed by atoms with van der Waals surface area (Å²) in [7, 11) is 0. The molecule has 1 fully saturated rings. The molecule has 4 nitrogen and oxygen atoms in total. The van der Waals surface area contributed by atoms with E-state index >= 15 is 0 Å². The first kappa shape index (κ1) is 21.2. The first-order valence-electron chi connectivity index (χ1n) is 9.64. The van der Waals surface area contributed by atoms with Crippen molar-refractivity contribution >= 4 is 35.2 Å². The maximum Gasteiger partial charge on any atom is 0.262 e. The molecule has 0 aromatic heterocycles. The molecule has 2 aromatic carbocycles. The van der Waals surface area contributed by atoms with Crippen molar-refractivity contribution in [3.05, 3.63) is 69.2 Å². The molecule has 0 atom stereocenters. The van der Waals surface area contributed by atoms with Gasteiger partial charge in [0.15, 0.2) is 0 Å². The normalized spacial score (nSPS) is 14.9. The quantitative estimate of drug-likeness (QED) is 0.458. The number of hydrogen-bond acceptors (Lipinski definition) is 3. The van der Waals surface area contributed by atoms with Crippen molar-refractivity contribution in [1.82, 2.24) is 5.32 Å². The number of rotatable bonds is 6. The minimum atomic E-state index is -0.308. The zero-order chi connectivity index (χ0) is 20.6. The Kier molecular flexibility index (Phi) is 7.57. The number of benzene rings is 2. The van der Waals surface area contributed by atoms with Gasteiger partial charge in [-0.2, -0.15) is 5.26 Å². The summed E-state index contributed by atoms with van der Waals surface area (Å²) < 4.78 is 5.75. The second kappa shape index (κ2) is 10.3. The predicted octanol–water partition coefficient (Wildman–Crippen LogP) is 5.93. The van der Waals surface area contributed by atoms with Gasteiger partial charge in [-0.1, -0.05) is 60.7 Å². The van der Waals surface area contributed by atoms with E-state index in [0.29, 0.717) is 22.4 Å². The Morgan fingerprint density at radius 1 is 1.14 bits per heavy atom. The van der Waals surface area contributed by atoms with Gasteiger partial charge in [-0.05, 0) is 48.7 Å². The van der Waals surface area contributed by atoms with Gasteiger partial charge in [0.2, 0.25) is 0 Å². The number of nitrogens with one attached hydrogen (secondary N) is 1. The molecule has 150 valence electrons. The number of nitrogens with zero attached hydrogens (tertiary/aromatic N) is 1. The SMILES string of the molecule is N#CC(=Cc1ccc(OCc2ccc(Cl)cc2Cl)cc1)C(=O)NC1CCCCC1. The smallest absolute Gasteiger partial charge is 0.262 e. The molecule has 1 N–H and O–H groups in total. The summed E-state index contributed by atoms with van der Waals surface area (Å²) in [5.41, 5.74) is 1.71. The van der Waals surface area contributed by atoms with E-state index < -0.39 is 0 Å². The molecule has 0 radical (unpaired) electrons. The second-order valence-electron chi connectivity index (χ2n) is 7.07. The minimum absolute atomic E-state index is 0.109. The fourth-order valence-electron chi connectivity index (χ4n) is 3.29. The molecule has 2 aromatic rings. The predicted molar refractivity (Wildman–Crippen MR) is 116 cm³/mol. The molecular weight excluding hydrogens is 407 g/mol. The van der Waals surface area contributed by atoms with Gasteiger partial charge in [0.25, 0.3) is 5.91 Å². The van der Waals surface area contributed by atoms with Crippen LogP contribution in [0, 0.1) is 11.3 Å². The van der Waals surface area contributed by atoms with Gasteiger partial charge in [0, 0.05) is 21.7 Å². The Balaban J connectivity index is 1.60. The lowest BCUT2D eigenvalue weighted by Gasteiger charge is -2.22. The van der Waals surface area contributed by atoms with Crippen LogP contribution < -0.4 is 10.1 Å². The molecule has 1 aliphatic carbocycles. The molecule has 6 heteroatoms. The van der Waals surface area contributed by atoms with E-state index in [2.05, 4.69) is 5.32 Å². The van der Waals surface area contributed by atoms with Gasteiger partial charge in [-0.15, -0.1) is 0 Å². The molecule has 0 heterocycles. The van der Waals surface area contributed by atoms with Crippen LogP contribution in [0.5, 0.6) is 5.75 Å². The third-order valence-corrected chi connectivity index (χ3v) is 5.49. The second-order valence-corrected chi connectivity index (χ2v) is 7.92. The van der Waals surface area contributed by atoms with Crippen LogP contribution in [0.4, 0.5) is 0 Å². The van der Waals surface area contributed by atoms with Gasteiger partial charge in [-0.3, -0.25) is 4.79 Å². The Hall–Kier alpha value is -2.48. The number of amides is 1. The third-order valence-electron chi connectivity index (χ3n) is 4.91. The average Bonchev–Trinajstić information content (AvgIpc) is 2.73. The van der Waals surface area contributed by atoms with Crippen LogP contribution >= 0.6 is 23.2 Å². The van der Waals surface area contributed by atoms with Crippen LogP contribution in [0.25, 0.3) is 6.08 Å². The topological polar surface area (TPSA) is 62.1 Å². The summed E-state index contributed by atoms with van der Waals surface area (Å²) in [6.07, 6.45) is 7.02. The van der Waals surface area contributed by atoms with Crippen molar-refractivity contribution in [3.8, 4) is 11.8 Å². The maximum absolute atomic E-state index is 12.4. The Morgan fingerprint density at radius 3 is 2.52 bits per heavy atom. The van der Waals surface area contributed by atoms with Gasteiger partial charge in [0.05, 0.1) is 0 Å². The molecule has 0 bridgehead atoms. The Morgan fingerprint density at radius 2 is 1.86 bits per heavy atom. The molecule has 29 heavy (non-hydrogen) atoms. The van der Waals surface area contributed by atoms with Crippen LogP contribution in [-0.2, 0) is 11.4 Å². The van der Waals surface area contributed by atoms with Crippen LogP contribution in [0.2, 0.25) is 10.0 Å². The van der Waals surface area contributed by atoms with Crippen molar-refractivity contribution < 1.29 is 9.53 Å². The van der Waals surface area contributed by atoms with Crippen molar-refractivity contribution in [1.29, 1.82) is 5.26 Å². The summed E-state index contributed by atoms with van der Waals surface area (Å²) in [6.45, 7) is 0.318. The highest BCUT2D eigenvalue weighted by molar-refractivity contribution is 6.35. The highest BCUT2D eigenvalue weighted by atomic mass is 35.5. The first-order valence-corrected chi connectivity index (χ1v) is 10.4. The summed E-state index contributed by atoms with van der Waals surface area (Å²) in [5, 5.41) is 13.5. The first-order chi connectivity index (χ1) is 14.0. The lowest BCUT2D eigenvalue weighted by atomic mass is 9.95. The number of ether oxygens (including phenoxy) is 1.